The second kappa shape index (κ2) is 7.65. The smallest absolute Gasteiger partial charge is 0.294 e. The van der Waals surface area contributed by atoms with Crippen LogP contribution in [0.3, 0.4) is 0 Å². The first kappa shape index (κ1) is 19.3. The van der Waals surface area contributed by atoms with E-state index >= 15 is 0 Å². The highest BCUT2D eigenvalue weighted by Gasteiger charge is 2.44. The Balaban J connectivity index is 2.13. The van der Waals surface area contributed by atoms with Crippen LogP contribution in [0, 0.1) is 23.1 Å². The van der Waals surface area contributed by atoms with Crippen molar-refractivity contribution in [2.45, 2.75) is 26.3 Å². The summed E-state index contributed by atoms with van der Waals surface area (Å²) in [4.78, 5) is 27.0. The van der Waals surface area contributed by atoms with Crippen LogP contribution < -0.4 is 4.90 Å². The van der Waals surface area contributed by atoms with E-state index < -0.39 is 23.5 Å². The van der Waals surface area contributed by atoms with E-state index in [2.05, 4.69) is 0 Å². The third-order valence-corrected chi connectivity index (χ3v) is 4.56. The topological polar surface area (TPSA) is 81.4 Å². The predicted octanol–water partition coefficient (Wildman–Crippen LogP) is 4.21. The van der Waals surface area contributed by atoms with Crippen LogP contribution in [0.1, 0.15) is 37.4 Å². The first-order valence-electron chi connectivity index (χ1n) is 8.89. The highest BCUT2D eigenvalue weighted by Crippen LogP contribution is 2.41. The Bertz CT molecular complexity index is 986. The van der Waals surface area contributed by atoms with Gasteiger partial charge in [-0.15, -0.1) is 0 Å². The van der Waals surface area contributed by atoms with Gasteiger partial charge in [0.25, 0.3) is 5.91 Å². The molecule has 0 saturated heterocycles. The quantitative estimate of drug-likeness (QED) is 0.845. The van der Waals surface area contributed by atoms with E-state index in [9.17, 15) is 19.1 Å². The Morgan fingerprint density at radius 1 is 1.18 bits per heavy atom. The first-order valence-corrected chi connectivity index (χ1v) is 8.89. The summed E-state index contributed by atoms with van der Waals surface area (Å²) in [6.45, 7) is 3.75. The zero-order valence-electron chi connectivity index (χ0n) is 15.5. The van der Waals surface area contributed by atoms with Crippen LogP contribution in [0.25, 0.3) is 0 Å². The molecule has 142 valence electrons. The summed E-state index contributed by atoms with van der Waals surface area (Å²) >= 11 is 0. The largest absolute Gasteiger partial charge is 0.503 e. The minimum absolute atomic E-state index is 0.00895. The van der Waals surface area contributed by atoms with E-state index in [4.69, 9.17) is 5.26 Å². The summed E-state index contributed by atoms with van der Waals surface area (Å²) in [5, 5.41) is 19.5. The van der Waals surface area contributed by atoms with Crippen LogP contribution in [0.15, 0.2) is 59.9 Å². The molecule has 0 bridgehead atoms. The van der Waals surface area contributed by atoms with Crippen LogP contribution in [0.2, 0.25) is 0 Å². The van der Waals surface area contributed by atoms with Crippen molar-refractivity contribution in [2.24, 2.45) is 5.92 Å². The fourth-order valence-electron chi connectivity index (χ4n) is 3.29. The molecule has 0 fully saturated rings. The summed E-state index contributed by atoms with van der Waals surface area (Å²) in [5.41, 5.74) is 1.36. The Kier molecular flexibility index (Phi) is 5.27. The number of carbonyl (C=O) groups is 2. The van der Waals surface area contributed by atoms with Gasteiger partial charge in [0.2, 0.25) is 0 Å². The summed E-state index contributed by atoms with van der Waals surface area (Å²) < 4.78 is 13.4. The van der Waals surface area contributed by atoms with Crippen molar-refractivity contribution >= 4 is 17.4 Å². The number of carbonyl (C=O) groups excluding carboxylic acids is 2. The molecular formula is C22H19FN2O3. The van der Waals surface area contributed by atoms with Gasteiger partial charge in [-0.3, -0.25) is 14.5 Å². The fraction of sp³-hybridized carbons (Fsp3) is 0.227. The summed E-state index contributed by atoms with van der Waals surface area (Å²) in [7, 11) is 0. The molecule has 1 heterocycles. The number of halogens is 1. The molecule has 1 unspecified atom stereocenters. The number of hydrogen-bond donors (Lipinski definition) is 1. The van der Waals surface area contributed by atoms with E-state index in [-0.39, 0.29) is 23.7 Å². The SMILES string of the molecule is CC(C)CC(=O)C1=C(O)C(=O)N(c2ccc(C#N)cc2)C1c1ccc(F)cc1. The van der Waals surface area contributed by atoms with Gasteiger partial charge >= 0.3 is 0 Å². The van der Waals surface area contributed by atoms with Gasteiger partial charge in [0.1, 0.15) is 5.82 Å². The first-order chi connectivity index (χ1) is 13.3. The third-order valence-electron chi connectivity index (χ3n) is 4.56. The number of nitriles is 1. The lowest BCUT2D eigenvalue weighted by Gasteiger charge is -2.27. The van der Waals surface area contributed by atoms with Gasteiger partial charge in [-0.2, -0.15) is 5.26 Å². The van der Waals surface area contributed by atoms with E-state index in [1.54, 1.807) is 24.3 Å². The molecule has 6 heteroatoms. The Hall–Kier alpha value is -3.46. The van der Waals surface area contributed by atoms with Crippen LogP contribution in [-0.2, 0) is 9.59 Å². The molecule has 0 aromatic heterocycles. The molecule has 28 heavy (non-hydrogen) atoms. The number of ketones is 1. The summed E-state index contributed by atoms with van der Waals surface area (Å²) in [6.07, 6.45) is 0.172. The Labute approximate surface area is 162 Å². The van der Waals surface area contributed by atoms with Gasteiger partial charge in [0.15, 0.2) is 11.5 Å². The number of anilines is 1. The number of hydrogen-bond acceptors (Lipinski definition) is 4. The van der Waals surface area contributed by atoms with Gasteiger partial charge < -0.3 is 5.11 Å². The standard InChI is InChI=1S/C22H19FN2O3/c1-13(2)11-18(26)19-20(15-5-7-16(23)8-6-15)25(22(28)21(19)27)17-9-3-14(12-24)4-10-17/h3-10,13,20,27H,11H2,1-2H3. The summed E-state index contributed by atoms with van der Waals surface area (Å²) in [6, 6.07) is 12.9. The molecule has 1 amide bonds. The maximum atomic E-state index is 13.4. The zero-order chi connectivity index (χ0) is 20.4. The van der Waals surface area contributed by atoms with Crippen molar-refractivity contribution in [3.63, 3.8) is 0 Å². The van der Waals surface area contributed by atoms with E-state index in [0.717, 1.165) is 0 Å². The van der Waals surface area contributed by atoms with Gasteiger partial charge in [0.05, 0.1) is 23.2 Å². The summed E-state index contributed by atoms with van der Waals surface area (Å²) in [5.74, 6) is -2.02. The minimum atomic E-state index is -0.868. The van der Waals surface area contributed by atoms with Crippen molar-refractivity contribution in [3.05, 3.63) is 76.8 Å². The Morgan fingerprint density at radius 3 is 2.32 bits per heavy atom. The number of aliphatic hydroxyl groups is 1. The number of aliphatic hydroxyl groups excluding tert-OH is 1. The highest BCUT2D eigenvalue weighted by molar-refractivity contribution is 6.16. The molecule has 0 spiro atoms. The van der Waals surface area contributed by atoms with Crippen molar-refractivity contribution in [2.75, 3.05) is 4.90 Å². The van der Waals surface area contributed by atoms with Crippen LogP contribution in [0.5, 0.6) is 0 Å². The molecule has 2 aromatic carbocycles. The lowest BCUT2D eigenvalue weighted by Crippen LogP contribution is -2.31. The normalized spacial score (nSPS) is 16.6. The van der Waals surface area contributed by atoms with Gasteiger partial charge in [-0.1, -0.05) is 26.0 Å². The van der Waals surface area contributed by atoms with Gasteiger partial charge in [0, 0.05) is 12.1 Å². The fourth-order valence-corrected chi connectivity index (χ4v) is 3.29. The molecule has 1 aliphatic heterocycles. The van der Waals surface area contributed by atoms with Gasteiger partial charge in [-0.25, -0.2) is 4.39 Å². The molecule has 1 atom stereocenters. The second-order valence-electron chi connectivity index (χ2n) is 7.07. The lowest BCUT2D eigenvalue weighted by molar-refractivity contribution is -0.118. The molecule has 1 aliphatic rings. The number of nitrogens with zero attached hydrogens (tertiary/aromatic N) is 2. The molecule has 0 radical (unpaired) electrons. The number of rotatable bonds is 5. The van der Waals surface area contributed by atoms with Crippen molar-refractivity contribution < 1.29 is 19.1 Å². The number of amides is 1. The van der Waals surface area contributed by atoms with Crippen molar-refractivity contribution in [3.8, 4) is 6.07 Å². The number of benzene rings is 2. The number of Topliss-reactive ketones (excluding diaryl/α,β-unsaturated/α-hetero) is 1. The lowest BCUT2D eigenvalue weighted by atomic mass is 9.92. The second-order valence-corrected chi connectivity index (χ2v) is 7.07. The average Bonchev–Trinajstić information content (AvgIpc) is 2.93. The maximum Gasteiger partial charge on any atom is 0.294 e. The third kappa shape index (κ3) is 3.52. The average molecular weight is 378 g/mol. The van der Waals surface area contributed by atoms with E-state index in [0.29, 0.717) is 16.8 Å². The molecule has 2 aromatic rings. The van der Waals surface area contributed by atoms with Crippen LogP contribution in [0.4, 0.5) is 10.1 Å². The molecule has 5 nitrogen and oxygen atoms in total. The minimum Gasteiger partial charge on any atom is -0.503 e. The van der Waals surface area contributed by atoms with Crippen molar-refractivity contribution in [1.82, 2.24) is 0 Å². The maximum absolute atomic E-state index is 13.4. The molecule has 1 N–H and O–H groups in total. The van der Waals surface area contributed by atoms with E-state index in [1.807, 2.05) is 19.9 Å². The predicted molar refractivity (Wildman–Crippen MR) is 102 cm³/mol. The highest BCUT2D eigenvalue weighted by atomic mass is 19.1. The molecule has 0 saturated carbocycles. The molecule has 3 rings (SSSR count). The molecular weight excluding hydrogens is 359 g/mol. The van der Waals surface area contributed by atoms with Gasteiger partial charge in [-0.05, 0) is 47.9 Å². The van der Waals surface area contributed by atoms with Crippen LogP contribution >= 0.6 is 0 Å². The Morgan fingerprint density at radius 2 is 1.79 bits per heavy atom. The zero-order valence-corrected chi connectivity index (χ0v) is 15.5. The van der Waals surface area contributed by atoms with E-state index in [1.165, 1.54) is 29.2 Å². The monoisotopic (exact) mass is 378 g/mol. The van der Waals surface area contributed by atoms with Crippen LogP contribution in [-0.4, -0.2) is 16.8 Å². The van der Waals surface area contributed by atoms with Crippen molar-refractivity contribution in [1.29, 1.82) is 5.26 Å². The molecule has 0 aliphatic carbocycles.